The summed E-state index contributed by atoms with van der Waals surface area (Å²) in [5, 5.41) is 0. The number of benzene rings is 3. The van der Waals surface area contributed by atoms with E-state index in [4.69, 9.17) is 4.74 Å². The summed E-state index contributed by atoms with van der Waals surface area (Å²) in [6.07, 6.45) is 3.40. The first-order valence-corrected chi connectivity index (χ1v) is 10.7. The molecule has 0 bridgehead atoms. The third kappa shape index (κ3) is 4.40. The van der Waals surface area contributed by atoms with E-state index in [1.165, 1.54) is 4.90 Å². The zero-order chi connectivity index (χ0) is 23.3. The summed E-state index contributed by atoms with van der Waals surface area (Å²) in [4.78, 5) is 39.2. The Kier molecular flexibility index (Phi) is 5.82. The van der Waals surface area contributed by atoms with Crippen LogP contribution in [0.1, 0.15) is 10.4 Å². The van der Waals surface area contributed by atoms with E-state index in [9.17, 15) is 9.59 Å². The second-order valence-corrected chi connectivity index (χ2v) is 7.54. The van der Waals surface area contributed by atoms with Crippen molar-refractivity contribution in [1.29, 1.82) is 0 Å². The molecular weight excluding hydrogens is 428 g/mol. The molecule has 0 unspecified atom stereocenters. The molecule has 2 aromatic heterocycles. The van der Waals surface area contributed by atoms with Crippen LogP contribution in [0.4, 0.5) is 11.4 Å². The normalized spacial score (nSPS) is 10.7. The van der Waals surface area contributed by atoms with Gasteiger partial charge in [0, 0.05) is 29.3 Å². The minimum atomic E-state index is -0.589. The number of para-hydroxylation sites is 2. The van der Waals surface area contributed by atoms with Gasteiger partial charge >= 0.3 is 5.97 Å². The smallest absolute Gasteiger partial charge is 0.338 e. The standard InChI is InChI=1S/C27H20N4O3/c32-25(31(21-9-3-1-4-10-21)22-11-5-2-6-12-22)18-34-27(33)19-13-14-23-24(16-19)30-26(29-23)20-8-7-15-28-17-20/h1-17H,18H2,(H,29,30). The Morgan fingerprint density at radius 2 is 1.56 bits per heavy atom. The fraction of sp³-hybridized carbons (Fsp3) is 0.0370. The van der Waals surface area contributed by atoms with Gasteiger partial charge < -0.3 is 9.72 Å². The number of pyridine rings is 1. The predicted octanol–water partition coefficient (Wildman–Crippen LogP) is 5.15. The van der Waals surface area contributed by atoms with Gasteiger partial charge in [-0.15, -0.1) is 0 Å². The number of fused-ring (bicyclic) bond motifs is 1. The van der Waals surface area contributed by atoms with Gasteiger partial charge in [0.1, 0.15) is 5.82 Å². The summed E-state index contributed by atoms with van der Waals surface area (Å²) in [7, 11) is 0. The van der Waals surface area contributed by atoms with Gasteiger partial charge in [-0.1, -0.05) is 36.4 Å². The maximum absolute atomic E-state index is 13.1. The van der Waals surface area contributed by atoms with E-state index in [2.05, 4.69) is 15.0 Å². The van der Waals surface area contributed by atoms with Gasteiger partial charge in [0.05, 0.1) is 16.6 Å². The topological polar surface area (TPSA) is 88.2 Å². The number of aromatic amines is 1. The van der Waals surface area contributed by atoms with Crippen molar-refractivity contribution < 1.29 is 14.3 Å². The predicted molar refractivity (Wildman–Crippen MR) is 130 cm³/mol. The Morgan fingerprint density at radius 1 is 0.853 bits per heavy atom. The molecule has 7 nitrogen and oxygen atoms in total. The average Bonchev–Trinajstić information content (AvgIpc) is 3.33. The molecule has 1 amide bonds. The summed E-state index contributed by atoms with van der Waals surface area (Å²) >= 11 is 0. The number of hydrogen-bond acceptors (Lipinski definition) is 5. The van der Waals surface area contributed by atoms with Crippen molar-refractivity contribution >= 4 is 34.3 Å². The highest BCUT2D eigenvalue weighted by molar-refractivity contribution is 6.03. The van der Waals surface area contributed by atoms with Crippen LogP contribution in [0.25, 0.3) is 22.4 Å². The number of nitrogens with zero attached hydrogens (tertiary/aromatic N) is 3. The molecule has 3 aromatic carbocycles. The third-order valence-corrected chi connectivity index (χ3v) is 5.26. The number of nitrogens with one attached hydrogen (secondary N) is 1. The maximum atomic E-state index is 13.1. The molecule has 1 N–H and O–H groups in total. The van der Waals surface area contributed by atoms with Crippen LogP contribution in [0.2, 0.25) is 0 Å². The number of carbonyl (C=O) groups is 2. The van der Waals surface area contributed by atoms with E-state index in [-0.39, 0.29) is 5.91 Å². The molecule has 0 atom stereocenters. The van der Waals surface area contributed by atoms with Crippen molar-refractivity contribution in [2.75, 3.05) is 11.5 Å². The highest BCUT2D eigenvalue weighted by Crippen LogP contribution is 2.25. The number of ether oxygens (including phenoxy) is 1. The molecule has 7 heteroatoms. The molecular formula is C27H20N4O3. The Morgan fingerprint density at radius 3 is 2.21 bits per heavy atom. The molecule has 0 aliphatic heterocycles. The molecule has 0 spiro atoms. The Bertz CT molecular complexity index is 1400. The second kappa shape index (κ2) is 9.38. The zero-order valence-corrected chi connectivity index (χ0v) is 18.1. The number of esters is 1. The lowest BCUT2D eigenvalue weighted by Crippen LogP contribution is -2.30. The molecule has 34 heavy (non-hydrogen) atoms. The number of anilines is 2. The summed E-state index contributed by atoms with van der Waals surface area (Å²) in [5.41, 5.74) is 3.96. The fourth-order valence-corrected chi connectivity index (χ4v) is 3.64. The average molecular weight is 448 g/mol. The van der Waals surface area contributed by atoms with Gasteiger partial charge in [-0.05, 0) is 54.6 Å². The van der Waals surface area contributed by atoms with E-state index in [0.717, 1.165) is 5.56 Å². The molecule has 0 aliphatic carbocycles. The number of aromatic nitrogens is 3. The molecule has 5 aromatic rings. The molecule has 5 rings (SSSR count). The van der Waals surface area contributed by atoms with Crippen molar-refractivity contribution in [3.05, 3.63) is 109 Å². The van der Waals surface area contributed by atoms with Gasteiger partial charge in [-0.2, -0.15) is 0 Å². The van der Waals surface area contributed by atoms with Gasteiger partial charge in [-0.25, -0.2) is 9.78 Å². The van der Waals surface area contributed by atoms with Crippen LogP contribution in [0, 0.1) is 0 Å². The van der Waals surface area contributed by atoms with Gasteiger partial charge in [0.25, 0.3) is 5.91 Å². The number of rotatable bonds is 6. The molecule has 166 valence electrons. The van der Waals surface area contributed by atoms with E-state index in [1.54, 1.807) is 30.6 Å². The van der Waals surface area contributed by atoms with Crippen LogP contribution in [0.15, 0.2) is 103 Å². The number of amides is 1. The highest BCUT2D eigenvalue weighted by atomic mass is 16.5. The molecule has 0 saturated carbocycles. The van der Waals surface area contributed by atoms with E-state index >= 15 is 0 Å². The lowest BCUT2D eigenvalue weighted by molar-refractivity contribution is -0.120. The second-order valence-electron chi connectivity index (χ2n) is 7.54. The Balaban J connectivity index is 1.33. The highest BCUT2D eigenvalue weighted by Gasteiger charge is 2.20. The molecule has 0 radical (unpaired) electrons. The van der Waals surface area contributed by atoms with Gasteiger partial charge in [0.15, 0.2) is 6.61 Å². The zero-order valence-electron chi connectivity index (χ0n) is 18.1. The summed E-state index contributed by atoms with van der Waals surface area (Å²) < 4.78 is 5.38. The van der Waals surface area contributed by atoms with Gasteiger partial charge in [-0.3, -0.25) is 14.7 Å². The van der Waals surface area contributed by atoms with Crippen LogP contribution in [-0.4, -0.2) is 33.4 Å². The quantitative estimate of drug-likeness (QED) is 0.363. The number of H-pyrrole nitrogens is 1. The van der Waals surface area contributed by atoms with Crippen LogP contribution in [0.5, 0.6) is 0 Å². The number of imidazole rings is 1. The monoisotopic (exact) mass is 448 g/mol. The first-order chi connectivity index (χ1) is 16.7. The van der Waals surface area contributed by atoms with Crippen molar-refractivity contribution in [1.82, 2.24) is 15.0 Å². The molecule has 2 heterocycles. The van der Waals surface area contributed by atoms with Crippen LogP contribution < -0.4 is 4.90 Å². The summed E-state index contributed by atoms with van der Waals surface area (Å²) in [6.45, 7) is -0.398. The fourth-order valence-electron chi connectivity index (χ4n) is 3.64. The number of hydrogen-bond donors (Lipinski definition) is 1. The van der Waals surface area contributed by atoms with Crippen LogP contribution in [-0.2, 0) is 9.53 Å². The van der Waals surface area contributed by atoms with Crippen molar-refractivity contribution in [3.63, 3.8) is 0 Å². The molecule has 0 fully saturated rings. The first-order valence-electron chi connectivity index (χ1n) is 10.7. The SMILES string of the molecule is O=C(OCC(=O)N(c1ccccc1)c1ccccc1)c1ccc2nc(-c3cccnc3)[nH]c2c1. The summed E-state index contributed by atoms with van der Waals surface area (Å²) in [6, 6.07) is 27.3. The van der Waals surface area contributed by atoms with E-state index in [1.807, 2.05) is 72.8 Å². The van der Waals surface area contributed by atoms with Gasteiger partial charge in [0.2, 0.25) is 0 Å². The minimum absolute atomic E-state index is 0.327. The molecule has 0 aliphatic rings. The largest absolute Gasteiger partial charge is 0.452 e. The van der Waals surface area contributed by atoms with Crippen molar-refractivity contribution in [2.45, 2.75) is 0 Å². The van der Waals surface area contributed by atoms with Crippen LogP contribution in [0.3, 0.4) is 0 Å². The minimum Gasteiger partial charge on any atom is -0.452 e. The van der Waals surface area contributed by atoms with Crippen LogP contribution >= 0.6 is 0 Å². The van der Waals surface area contributed by atoms with E-state index < -0.39 is 12.6 Å². The third-order valence-electron chi connectivity index (χ3n) is 5.26. The lowest BCUT2D eigenvalue weighted by atomic mass is 10.2. The first kappa shape index (κ1) is 21.1. The van der Waals surface area contributed by atoms with Crippen molar-refractivity contribution in [2.24, 2.45) is 0 Å². The lowest BCUT2D eigenvalue weighted by Gasteiger charge is -2.22. The maximum Gasteiger partial charge on any atom is 0.338 e. The Labute approximate surface area is 195 Å². The van der Waals surface area contributed by atoms with Crippen molar-refractivity contribution in [3.8, 4) is 11.4 Å². The molecule has 0 saturated heterocycles. The van der Waals surface area contributed by atoms with E-state index in [0.29, 0.717) is 33.8 Å². The number of carbonyl (C=O) groups excluding carboxylic acids is 2. The Hall–Kier alpha value is -4.78. The summed E-state index contributed by atoms with van der Waals surface area (Å²) in [5.74, 6) is -0.286.